The lowest BCUT2D eigenvalue weighted by Gasteiger charge is -2.11. The van der Waals surface area contributed by atoms with Gasteiger partial charge in [-0.25, -0.2) is 9.59 Å². The van der Waals surface area contributed by atoms with Crippen molar-refractivity contribution < 1.29 is 32.3 Å². The number of nitrogens with zero attached hydrogens (tertiary/aromatic N) is 2. The van der Waals surface area contributed by atoms with Crippen LogP contribution in [0.1, 0.15) is 36.6 Å². The quantitative estimate of drug-likeness (QED) is 0.375. The Bertz CT molecular complexity index is 1320. The van der Waals surface area contributed by atoms with Gasteiger partial charge in [-0.3, -0.25) is 14.8 Å². The van der Waals surface area contributed by atoms with Crippen LogP contribution in [0.15, 0.2) is 46.8 Å². The van der Waals surface area contributed by atoms with E-state index in [0.29, 0.717) is 16.9 Å². The van der Waals surface area contributed by atoms with Crippen molar-refractivity contribution in [2.45, 2.75) is 11.3 Å². The van der Waals surface area contributed by atoms with E-state index < -0.39 is 32.2 Å². The summed E-state index contributed by atoms with van der Waals surface area (Å²) >= 11 is 0.608. The monoisotopic (exact) mass is 490 g/mol. The van der Waals surface area contributed by atoms with Crippen molar-refractivity contribution in [1.29, 1.82) is 0 Å². The first-order valence-electron chi connectivity index (χ1n) is 9.19. The van der Waals surface area contributed by atoms with E-state index in [9.17, 15) is 22.8 Å². The molecule has 0 bridgehead atoms. The number of rotatable bonds is 7. The maximum absolute atomic E-state index is 12.8. The highest BCUT2D eigenvalue weighted by molar-refractivity contribution is 7.94. The molecule has 0 radical (unpaired) electrons. The van der Waals surface area contributed by atoms with Gasteiger partial charge in [0.2, 0.25) is 5.13 Å². The van der Waals surface area contributed by atoms with E-state index in [-0.39, 0.29) is 21.9 Å². The van der Waals surface area contributed by atoms with E-state index >= 15 is 0 Å². The lowest BCUT2D eigenvalue weighted by atomic mass is 10.1. The number of carbonyl (C=O) groups is 3. The lowest BCUT2D eigenvalue weighted by Crippen LogP contribution is -2.17. The molecule has 13 heteroatoms. The summed E-state index contributed by atoms with van der Waals surface area (Å²) in [6, 6.07) is 10.4. The molecule has 2 aromatic carbocycles. The molecule has 0 spiro atoms. The SMILES string of the molecule is COC(=O)c1ccc(C(=O)OC)c(NS(=O)(=O)c2nnc(NC(=O)c3ccc(C)cc3)s2)c1. The summed E-state index contributed by atoms with van der Waals surface area (Å²) in [5.74, 6) is -2.04. The van der Waals surface area contributed by atoms with Crippen LogP contribution in [0.2, 0.25) is 0 Å². The van der Waals surface area contributed by atoms with Crippen LogP contribution < -0.4 is 10.0 Å². The molecule has 0 fully saturated rings. The number of esters is 2. The predicted octanol–water partition coefficient (Wildman–Crippen LogP) is 2.47. The van der Waals surface area contributed by atoms with Crippen molar-refractivity contribution in [3.63, 3.8) is 0 Å². The van der Waals surface area contributed by atoms with Crippen molar-refractivity contribution in [1.82, 2.24) is 10.2 Å². The van der Waals surface area contributed by atoms with Crippen molar-refractivity contribution in [2.75, 3.05) is 24.3 Å². The summed E-state index contributed by atoms with van der Waals surface area (Å²) in [7, 11) is -2.04. The minimum Gasteiger partial charge on any atom is -0.465 e. The van der Waals surface area contributed by atoms with Crippen LogP contribution in [0.25, 0.3) is 0 Å². The Kier molecular flexibility index (Phi) is 7.04. The van der Waals surface area contributed by atoms with Crippen LogP contribution in [0.5, 0.6) is 0 Å². The molecule has 0 saturated carbocycles. The van der Waals surface area contributed by atoms with Gasteiger partial charge in [-0.2, -0.15) is 8.42 Å². The molecule has 1 heterocycles. The van der Waals surface area contributed by atoms with Crippen molar-refractivity contribution in [3.8, 4) is 0 Å². The fourth-order valence-corrected chi connectivity index (χ4v) is 4.56. The topological polar surface area (TPSA) is 154 Å². The lowest BCUT2D eigenvalue weighted by molar-refractivity contribution is 0.0587. The zero-order chi connectivity index (χ0) is 24.2. The third-order valence-corrected chi connectivity index (χ3v) is 6.83. The Balaban J connectivity index is 1.86. The van der Waals surface area contributed by atoms with E-state index in [1.54, 1.807) is 24.3 Å². The molecular weight excluding hydrogens is 472 g/mol. The Labute approximate surface area is 192 Å². The van der Waals surface area contributed by atoms with Gasteiger partial charge in [0.25, 0.3) is 20.3 Å². The third-order valence-electron chi connectivity index (χ3n) is 4.26. The molecule has 0 atom stereocenters. The number of amides is 1. The van der Waals surface area contributed by atoms with Gasteiger partial charge < -0.3 is 9.47 Å². The number of sulfonamides is 1. The normalized spacial score (nSPS) is 10.9. The molecule has 33 heavy (non-hydrogen) atoms. The molecule has 0 unspecified atom stereocenters. The highest BCUT2D eigenvalue weighted by Gasteiger charge is 2.25. The Morgan fingerprint density at radius 2 is 1.55 bits per heavy atom. The number of hydrogen-bond donors (Lipinski definition) is 2. The number of methoxy groups -OCH3 is 2. The molecule has 0 aliphatic rings. The first-order chi connectivity index (χ1) is 15.6. The number of carbonyl (C=O) groups excluding carboxylic acids is 3. The van der Waals surface area contributed by atoms with E-state index in [2.05, 4.69) is 29.7 Å². The molecule has 2 N–H and O–H groups in total. The van der Waals surface area contributed by atoms with Gasteiger partial charge in [-0.05, 0) is 37.3 Å². The van der Waals surface area contributed by atoms with Crippen LogP contribution in [0.4, 0.5) is 10.8 Å². The number of benzene rings is 2. The highest BCUT2D eigenvalue weighted by atomic mass is 32.2. The minimum absolute atomic E-state index is 0.00571. The first-order valence-corrected chi connectivity index (χ1v) is 11.5. The zero-order valence-electron chi connectivity index (χ0n) is 17.6. The Morgan fingerprint density at radius 1 is 0.909 bits per heavy atom. The summed E-state index contributed by atoms with van der Waals surface area (Å²) in [6.45, 7) is 1.88. The molecule has 1 aromatic heterocycles. The first kappa shape index (κ1) is 23.8. The molecule has 1 amide bonds. The Morgan fingerprint density at radius 3 is 2.18 bits per heavy atom. The summed E-state index contributed by atoms with van der Waals surface area (Å²) in [5, 5.41) is 9.74. The largest absolute Gasteiger partial charge is 0.465 e. The van der Waals surface area contributed by atoms with Gasteiger partial charge in [-0.15, -0.1) is 10.2 Å². The van der Waals surface area contributed by atoms with Crippen LogP contribution in [-0.4, -0.2) is 50.7 Å². The second-order valence-corrected chi connectivity index (χ2v) is 9.38. The van der Waals surface area contributed by atoms with Crippen LogP contribution in [0, 0.1) is 6.92 Å². The average Bonchev–Trinajstić information content (AvgIpc) is 3.27. The molecule has 0 aliphatic carbocycles. The van der Waals surface area contributed by atoms with Gasteiger partial charge in [-0.1, -0.05) is 29.0 Å². The fourth-order valence-electron chi connectivity index (χ4n) is 2.59. The van der Waals surface area contributed by atoms with Gasteiger partial charge in [0.15, 0.2) is 0 Å². The molecule has 3 rings (SSSR count). The number of aromatic nitrogens is 2. The minimum atomic E-state index is -4.33. The smallest absolute Gasteiger partial charge is 0.339 e. The maximum Gasteiger partial charge on any atom is 0.339 e. The van der Waals surface area contributed by atoms with E-state index in [1.165, 1.54) is 12.1 Å². The molecule has 172 valence electrons. The van der Waals surface area contributed by atoms with E-state index in [4.69, 9.17) is 0 Å². The van der Waals surface area contributed by atoms with Crippen molar-refractivity contribution in [2.24, 2.45) is 0 Å². The molecule has 3 aromatic rings. The summed E-state index contributed by atoms with van der Waals surface area (Å²) in [5.41, 5.74) is 0.993. The van der Waals surface area contributed by atoms with Crippen LogP contribution >= 0.6 is 11.3 Å². The summed E-state index contributed by atoms with van der Waals surface area (Å²) < 4.78 is 36.7. The van der Waals surface area contributed by atoms with Gasteiger partial charge in [0.05, 0.1) is 31.0 Å². The zero-order valence-corrected chi connectivity index (χ0v) is 19.2. The Hall–Kier alpha value is -3.84. The number of ether oxygens (including phenoxy) is 2. The van der Waals surface area contributed by atoms with Crippen LogP contribution in [-0.2, 0) is 19.5 Å². The van der Waals surface area contributed by atoms with Gasteiger partial charge in [0, 0.05) is 5.56 Å². The number of nitrogens with one attached hydrogen (secondary N) is 2. The highest BCUT2D eigenvalue weighted by Crippen LogP contribution is 2.26. The summed E-state index contributed by atoms with van der Waals surface area (Å²) in [4.78, 5) is 36.2. The number of hydrogen-bond acceptors (Lipinski definition) is 10. The molecule has 11 nitrogen and oxygen atoms in total. The van der Waals surface area contributed by atoms with E-state index in [1.807, 2.05) is 6.92 Å². The second kappa shape index (κ2) is 9.75. The maximum atomic E-state index is 12.8. The van der Waals surface area contributed by atoms with Crippen molar-refractivity contribution >= 4 is 50.0 Å². The number of anilines is 2. The third kappa shape index (κ3) is 5.51. The standard InChI is InChI=1S/C20H18N4O7S2/c1-11-4-6-12(7-5-11)16(25)21-19-22-23-20(32-19)33(28,29)24-15-10-13(17(26)30-2)8-9-14(15)18(27)31-3/h4-10,24H,1-3H3,(H,21,22,25). The van der Waals surface area contributed by atoms with Gasteiger partial charge in [0.1, 0.15) is 0 Å². The average molecular weight is 491 g/mol. The van der Waals surface area contributed by atoms with E-state index in [0.717, 1.165) is 25.8 Å². The van der Waals surface area contributed by atoms with Crippen molar-refractivity contribution in [3.05, 3.63) is 64.7 Å². The molecule has 0 aliphatic heterocycles. The number of aryl methyl sites for hydroxylation is 1. The molecule has 0 saturated heterocycles. The van der Waals surface area contributed by atoms with Gasteiger partial charge >= 0.3 is 11.9 Å². The predicted molar refractivity (Wildman–Crippen MR) is 119 cm³/mol. The molecular formula is C20H18N4O7S2. The summed E-state index contributed by atoms with van der Waals surface area (Å²) in [6.07, 6.45) is 0. The second-order valence-electron chi connectivity index (χ2n) is 6.54. The fraction of sp³-hybridized carbons (Fsp3) is 0.150. The van der Waals surface area contributed by atoms with Crippen LogP contribution in [0.3, 0.4) is 0 Å².